The van der Waals surface area contributed by atoms with Gasteiger partial charge in [-0.3, -0.25) is 18.7 Å². The number of carbonyl (C=O) groups is 1. The summed E-state index contributed by atoms with van der Waals surface area (Å²) in [5, 5.41) is 0. The lowest BCUT2D eigenvalue weighted by atomic mass is 10.1. The van der Waals surface area contributed by atoms with Crippen molar-refractivity contribution < 1.29 is 41.8 Å². The molecule has 6 rings (SSSR count). The maximum Gasteiger partial charge on any atom is 0.325 e. The van der Waals surface area contributed by atoms with E-state index >= 15 is 4.39 Å². The lowest BCUT2D eigenvalue weighted by Gasteiger charge is -2.25. The van der Waals surface area contributed by atoms with E-state index in [4.69, 9.17) is 52.2 Å². The Morgan fingerprint density at radius 1 is 1.19 bits per heavy atom. The predicted octanol–water partition coefficient (Wildman–Crippen LogP) is 0.590. The molecular weight excluding hydrogens is 653 g/mol. The second-order valence-corrected chi connectivity index (χ2v) is 15.1. The molecule has 0 aromatic carbocycles. The molecule has 2 aliphatic rings. The van der Waals surface area contributed by atoms with E-state index in [1.165, 1.54) is 27.7 Å². The van der Waals surface area contributed by atoms with Crippen LogP contribution >= 0.6 is 13.4 Å². The minimum atomic E-state index is -4.22. The zero-order valence-corrected chi connectivity index (χ0v) is 25.4. The summed E-state index contributed by atoms with van der Waals surface area (Å²) in [5.74, 6) is -0.282. The van der Waals surface area contributed by atoms with E-state index in [0.717, 1.165) is 0 Å². The maximum absolute atomic E-state index is 15.9. The number of hydrogen-bond donors (Lipinski definition) is 4. The van der Waals surface area contributed by atoms with E-state index in [1.54, 1.807) is 6.92 Å². The molecule has 22 heteroatoms. The Kier molecular flexibility index (Phi) is 8.06. The number of aromatic nitrogens is 7. The quantitative estimate of drug-likeness (QED) is 0.213. The lowest BCUT2D eigenvalue weighted by Crippen LogP contribution is -2.32. The number of primary amides is 1. The summed E-state index contributed by atoms with van der Waals surface area (Å²) in [7, 11) is 0. The summed E-state index contributed by atoms with van der Waals surface area (Å²) in [6, 6.07) is 1.42. The number of H-pyrrole nitrogens is 1. The molecule has 2 unspecified atom stereocenters. The molecule has 6 heterocycles. The highest BCUT2D eigenvalue weighted by atomic mass is 32.5. The normalized spacial score (nSPS) is 30.6. The van der Waals surface area contributed by atoms with Gasteiger partial charge in [-0.2, -0.15) is 0 Å². The van der Waals surface area contributed by atoms with Crippen molar-refractivity contribution in [3.05, 3.63) is 46.2 Å². The SMILES string of the molecule is Cc1nc2c(ncn2[C@@H]2O[C@@H]3COP(O)(=S)OCCn4c(nc5cc(C(N)=O)cnc54)COP(O)(=S)O[C@@H]2[C@@H]3F)c(=O)[nH]1. The summed E-state index contributed by atoms with van der Waals surface area (Å²) >= 11 is 10.3. The molecule has 2 bridgehead atoms. The number of nitrogens with one attached hydrogen (secondary N) is 1. The van der Waals surface area contributed by atoms with Crippen molar-refractivity contribution in [3.63, 3.8) is 0 Å². The summed E-state index contributed by atoms with van der Waals surface area (Å²) < 4.78 is 46.7. The van der Waals surface area contributed by atoms with Crippen LogP contribution in [0.4, 0.5) is 4.39 Å². The van der Waals surface area contributed by atoms with Gasteiger partial charge >= 0.3 is 13.4 Å². The van der Waals surface area contributed by atoms with Crippen molar-refractivity contribution >= 4 is 65.3 Å². The largest absolute Gasteiger partial charge is 0.366 e. The zero-order valence-electron chi connectivity index (χ0n) is 22.0. The average Bonchev–Trinajstić information content (AvgIpc) is 3.59. The van der Waals surface area contributed by atoms with Crippen molar-refractivity contribution in [2.24, 2.45) is 5.73 Å². The fourth-order valence-electron chi connectivity index (χ4n) is 4.70. The second-order valence-electron chi connectivity index (χ2n) is 9.51. The first-order chi connectivity index (χ1) is 20.3. The molecule has 4 aromatic rings. The van der Waals surface area contributed by atoms with Gasteiger partial charge in [-0.1, -0.05) is 0 Å². The summed E-state index contributed by atoms with van der Waals surface area (Å²) in [5.41, 5.74) is 5.51. The van der Waals surface area contributed by atoms with Gasteiger partial charge in [0.05, 0.1) is 25.1 Å². The molecule has 6 atom stereocenters. The Morgan fingerprint density at radius 2 is 1.98 bits per heavy atom. The van der Waals surface area contributed by atoms with Crippen LogP contribution in [0.25, 0.3) is 22.3 Å². The highest BCUT2D eigenvalue weighted by molar-refractivity contribution is 8.07. The number of amides is 1. The molecule has 4 aromatic heterocycles. The summed E-state index contributed by atoms with van der Waals surface area (Å²) in [4.78, 5) is 65.2. The number of pyridine rings is 1. The molecule has 5 N–H and O–H groups in total. The number of halogens is 1. The number of carbonyl (C=O) groups excluding carboxylic acids is 1. The van der Waals surface area contributed by atoms with Gasteiger partial charge < -0.3 is 43.4 Å². The number of fused-ring (bicyclic) bond motifs is 6. The number of hydrogen-bond acceptors (Lipinski definition) is 13. The molecule has 230 valence electrons. The Bertz CT molecular complexity index is 1900. The first kappa shape index (κ1) is 30.4. The lowest BCUT2D eigenvalue weighted by molar-refractivity contribution is -0.0465. The first-order valence-corrected chi connectivity index (χ1v) is 17.7. The van der Waals surface area contributed by atoms with Crippen molar-refractivity contribution in [1.29, 1.82) is 0 Å². The molecule has 1 saturated heterocycles. The molecule has 0 aliphatic carbocycles. The predicted molar refractivity (Wildman–Crippen MR) is 152 cm³/mol. The third-order valence-electron chi connectivity index (χ3n) is 6.62. The van der Waals surface area contributed by atoms with Gasteiger partial charge in [0.1, 0.15) is 36.0 Å². The first-order valence-electron chi connectivity index (χ1n) is 12.5. The Balaban J connectivity index is 1.38. The molecule has 2 aliphatic heterocycles. The molecular formula is C21H23FN8O9P2S2. The highest BCUT2D eigenvalue weighted by Crippen LogP contribution is 2.52. The molecule has 17 nitrogen and oxygen atoms in total. The van der Waals surface area contributed by atoms with E-state index in [9.17, 15) is 19.4 Å². The fourth-order valence-corrected chi connectivity index (χ4v) is 7.15. The molecule has 43 heavy (non-hydrogen) atoms. The van der Waals surface area contributed by atoms with Crippen molar-refractivity contribution in [1.82, 2.24) is 34.1 Å². The number of nitrogens with two attached hydrogens (primary N) is 1. The van der Waals surface area contributed by atoms with E-state index in [-0.39, 0.29) is 47.0 Å². The van der Waals surface area contributed by atoms with Crippen LogP contribution < -0.4 is 11.3 Å². The smallest absolute Gasteiger partial charge is 0.325 e. The number of aromatic amines is 1. The Morgan fingerprint density at radius 3 is 2.74 bits per heavy atom. The second kappa shape index (κ2) is 11.4. The third-order valence-corrected chi connectivity index (χ3v) is 9.78. The minimum absolute atomic E-state index is 0.0329. The van der Waals surface area contributed by atoms with Gasteiger partial charge in [-0.25, -0.2) is 24.3 Å². The van der Waals surface area contributed by atoms with E-state index < -0.39 is 62.7 Å². The van der Waals surface area contributed by atoms with E-state index in [2.05, 4.69) is 24.9 Å². The van der Waals surface area contributed by atoms with Crippen LogP contribution in [-0.2, 0) is 59.6 Å². The van der Waals surface area contributed by atoms with Crippen LogP contribution in [0.15, 0.2) is 23.4 Å². The topological polar surface area (TPSA) is 224 Å². The minimum Gasteiger partial charge on any atom is -0.366 e. The van der Waals surface area contributed by atoms with Gasteiger partial charge in [0.15, 0.2) is 29.2 Å². The highest BCUT2D eigenvalue weighted by Gasteiger charge is 2.50. The third kappa shape index (κ3) is 6.05. The van der Waals surface area contributed by atoms with Crippen LogP contribution in [-0.4, -0.2) is 81.3 Å². The average molecular weight is 677 g/mol. The summed E-state index contributed by atoms with van der Waals surface area (Å²) in [6.07, 6.45) is -3.87. The number of nitrogens with zero attached hydrogens (tertiary/aromatic N) is 6. The Hall–Kier alpha value is -2.61. The monoisotopic (exact) mass is 676 g/mol. The molecule has 1 fully saturated rings. The van der Waals surface area contributed by atoms with Crippen LogP contribution in [0.5, 0.6) is 0 Å². The molecule has 0 saturated carbocycles. The van der Waals surface area contributed by atoms with Crippen LogP contribution in [0.2, 0.25) is 0 Å². The standard InChI is InChI=1S/C21H23FN8O9P2S2/c1-9-26-19-15(20(32)27-9)25-8-30(19)21-16-14(22)12(38-21)6-36-40(33,42)35-3-2-29-13(7-37-41(34,43)39-16)28-11-4-10(17(23)31)5-24-18(11)29/h4-5,8,12,14,16,21H,2-3,6-7H2,1H3,(H2,23,31)(H,33,42)(H,34,43)(H,26,27,32)/t12-,14-,16-,21-,40?,41?/m1/s1. The van der Waals surface area contributed by atoms with Crippen LogP contribution in [0.1, 0.15) is 28.2 Å². The Labute approximate surface area is 250 Å². The van der Waals surface area contributed by atoms with Gasteiger partial charge in [-0.15, -0.1) is 0 Å². The van der Waals surface area contributed by atoms with Crippen molar-refractivity contribution in [2.45, 2.75) is 44.7 Å². The number of imidazole rings is 2. The van der Waals surface area contributed by atoms with Crippen molar-refractivity contribution in [2.75, 3.05) is 13.2 Å². The zero-order chi connectivity index (χ0) is 30.7. The maximum atomic E-state index is 15.9. The molecule has 0 spiro atoms. The molecule has 1 amide bonds. The number of rotatable bonds is 2. The van der Waals surface area contributed by atoms with Crippen LogP contribution in [0, 0.1) is 6.92 Å². The fraction of sp³-hybridized carbons (Fsp3) is 0.429. The van der Waals surface area contributed by atoms with Gasteiger partial charge in [0, 0.05) is 12.7 Å². The van der Waals surface area contributed by atoms with Crippen molar-refractivity contribution in [3.8, 4) is 0 Å². The number of aryl methyl sites for hydroxylation is 1. The number of ether oxygens (including phenoxy) is 1. The van der Waals surface area contributed by atoms with E-state index in [1.807, 2.05) is 0 Å². The summed E-state index contributed by atoms with van der Waals surface area (Å²) in [6.45, 7) is -7.72. The van der Waals surface area contributed by atoms with E-state index in [0.29, 0.717) is 5.65 Å². The van der Waals surface area contributed by atoms with Crippen LogP contribution in [0.3, 0.4) is 0 Å². The van der Waals surface area contributed by atoms with Gasteiger partial charge in [0.25, 0.3) is 5.56 Å². The van der Waals surface area contributed by atoms with Gasteiger partial charge in [-0.05, 0) is 36.6 Å². The number of alkyl halides is 1. The van der Waals surface area contributed by atoms with Gasteiger partial charge in [0.2, 0.25) is 5.91 Å². The molecule has 0 radical (unpaired) electrons.